The molecule has 0 aliphatic carbocycles. The molecule has 0 saturated heterocycles. The standard InChI is InChI=1S/C10H11N4S/c1-13-10(15)14(2)12-9(11-13)8-6-4-3-5-7-8/h3-7H,1-2H3. The van der Waals surface area contributed by atoms with E-state index >= 15 is 0 Å². The van der Waals surface area contributed by atoms with E-state index in [-0.39, 0.29) is 0 Å². The van der Waals surface area contributed by atoms with Crippen LogP contribution in [0.1, 0.15) is 5.56 Å². The van der Waals surface area contributed by atoms with Gasteiger partial charge in [0.25, 0.3) is 0 Å². The fraction of sp³-hybridized carbons (Fsp3) is 0.200. The molecule has 0 saturated carbocycles. The second kappa shape index (κ2) is 3.86. The van der Waals surface area contributed by atoms with Crippen LogP contribution >= 0.6 is 12.2 Å². The summed E-state index contributed by atoms with van der Waals surface area (Å²) in [6.45, 7) is 0. The highest BCUT2D eigenvalue weighted by atomic mass is 32.1. The summed E-state index contributed by atoms with van der Waals surface area (Å²) in [6.07, 6.45) is 0. The second-order valence-electron chi connectivity index (χ2n) is 3.22. The highest BCUT2D eigenvalue weighted by Gasteiger charge is 2.20. The highest BCUT2D eigenvalue weighted by molar-refractivity contribution is 7.80. The van der Waals surface area contributed by atoms with E-state index in [0.29, 0.717) is 10.9 Å². The average Bonchev–Trinajstić information content (AvgIpc) is 2.26. The summed E-state index contributed by atoms with van der Waals surface area (Å²) < 4.78 is 0. The fourth-order valence-corrected chi connectivity index (χ4v) is 1.38. The Labute approximate surface area is 94.1 Å². The Hall–Kier alpha value is -1.62. The molecule has 0 spiro atoms. The van der Waals surface area contributed by atoms with Crippen molar-refractivity contribution in [1.29, 1.82) is 0 Å². The molecule has 1 aliphatic heterocycles. The average molecular weight is 219 g/mol. The molecule has 1 aromatic rings. The molecule has 0 bridgehead atoms. The van der Waals surface area contributed by atoms with E-state index in [1.165, 1.54) is 0 Å². The van der Waals surface area contributed by atoms with Crippen LogP contribution in [0.25, 0.3) is 0 Å². The maximum atomic E-state index is 5.10. The molecule has 1 aliphatic rings. The van der Waals surface area contributed by atoms with Gasteiger partial charge in [0.1, 0.15) is 0 Å². The van der Waals surface area contributed by atoms with Crippen LogP contribution in [-0.2, 0) is 0 Å². The maximum Gasteiger partial charge on any atom is 0.212 e. The van der Waals surface area contributed by atoms with Gasteiger partial charge in [-0.05, 0) is 12.2 Å². The summed E-state index contributed by atoms with van der Waals surface area (Å²) >= 11 is 5.10. The Balaban J connectivity index is 2.32. The highest BCUT2D eigenvalue weighted by Crippen LogP contribution is 2.07. The molecule has 0 N–H and O–H groups in total. The number of benzene rings is 1. The second-order valence-corrected chi connectivity index (χ2v) is 3.58. The van der Waals surface area contributed by atoms with Gasteiger partial charge in [-0.2, -0.15) is 0 Å². The smallest absolute Gasteiger partial charge is 0.212 e. The predicted molar refractivity (Wildman–Crippen MR) is 63.2 cm³/mol. The van der Waals surface area contributed by atoms with Crippen molar-refractivity contribution in [3.63, 3.8) is 0 Å². The zero-order valence-corrected chi connectivity index (χ0v) is 9.40. The molecule has 1 aromatic carbocycles. The van der Waals surface area contributed by atoms with E-state index in [2.05, 4.69) is 10.5 Å². The lowest BCUT2D eigenvalue weighted by atomic mass is 10.2. The van der Waals surface area contributed by atoms with Crippen LogP contribution < -0.4 is 5.43 Å². The lowest BCUT2D eigenvalue weighted by Gasteiger charge is -2.29. The quantitative estimate of drug-likeness (QED) is 0.661. The lowest BCUT2D eigenvalue weighted by Crippen LogP contribution is -2.48. The topological polar surface area (TPSA) is 32.9 Å². The summed E-state index contributed by atoms with van der Waals surface area (Å²) in [5, 5.41) is 8.16. The molecule has 0 atom stereocenters. The van der Waals surface area contributed by atoms with Crippen LogP contribution in [0.15, 0.2) is 35.4 Å². The minimum atomic E-state index is 0.592. The normalized spacial score (nSPS) is 16.1. The van der Waals surface area contributed by atoms with Gasteiger partial charge in [-0.3, -0.25) is 0 Å². The van der Waals surface area contributed by atoms with Crippen molar-refractivity contribution < 1.29 is 0 Å². The third-order valence-corrected chi connectivity index (χ3v) is 2.60. The summed E-state index contributed by atoms with van der Waals surface area (Å²) in [5.74, 6) is 0.675. The molecule has 77 valence electrons. The molecule has 2 rings (SSSR count). The molecular formula is C10H11N4S. The van der Waals surface area contributed by atoms with Crippen molar-refractivity contribution in [2.24, 2.45) is 5.10 Å². The number of amidine groups is 1. The minimum absolute atomic E-state index is 0.592. The number of hydrogen-bond acceptors (Lipinski definition) is 2. The van der Waals surface area contributed by atoms with Gasteiger partial charge < -0.3 is 0 Å². The summed E-state index contributed by atoms with van der Waals surface area (Å²) in [6, 6.07) is 9.82. The van der Waals surface area contributed by atoms with E-state index in [9.17, 15) is 0 Å². The van der Waals surface area contributed by atoms with Gasteiger partial charge in [0, 0.05) is 19.7 Å². The van der Waals surface area contributed by atoms with Crippen molar-refractivity contribution >= 4 is 23.2 Å². The Bertz CT molecular complexity index is 401. The van der Waals surface area contributed by atoms with Gasteiger partial charge >= 0.3 is 0 Å². The third-order valence-electron chi connectivity index (χ3n) is 2.08. The largest absolute Gasteiger partial charge is 0.240 e. The summed E-state index contributed by atoms with van der Waals surface area (Å²) in [4.78, 5) is 0. The Morgan fingerprint density at radius 1 is 1.07 bits per heavy atom. The first-order valence-corrected chi connectivity index (χ1v) is 4.96. The van der Waals surface area contributed by atoms with E-state index in [1.807, 2.05) is 44.4 Å². The zero-order chi connectivity index (χ0) is 10.8. The molecule has 0 fully saturated rings. The first-order valence-electron chi connectivity index (χ1n) is 4.55. The van der Waals surface area contributed by atoms with E-state index in [4.69, 9.17) is 12.2 Å². The summed E-state index contributed by atoms with van der Waals surface area (Å²) in [7, 11) is 3.63. The van der Waals surface area contributed by atoms with Crippen molar-refractivity contribution in [2.45, 2.75) is 0 Å². The van der Waals surface area contributed by atoms with E-state index in [0.717, 1.165) is 5.56 Å². The SMILES string of the molecule is CN1[N]C(c2ccccc2)=NN(C)C1=S. The molecule has 1 radical (unpaired) electrons. The molecule has 5 heteroatoms. The molecule has 1 heterocycles. The fourth-order valence-electron chi connectivity index (χ4n) is 1.30. The number of nitrogens with zero attached hydrogens (tertiary/aromatic N) is 4. The molecule has 15 heavy (non-hydrogen) atoms. The van der Waals surface area contributed by atoms with E-state index < -0.39 is 0 Å². The lowest BCUT2D eigenvalue weighted by molar-refractivity contribution is 0.346. The first kappa shape index (κ1) is 9.92. The van der Waals surface area contributed by atoms with Crippen molar-refractivity contribution in [1.82, 2.24) is 15.4 Å². The van der Waals surface area contributed by atoms with Crippen LogP contribution in [0.2, 0.25) is 0 Å². The molecule has 0 aromatic heterocycles. The number of thiocarbonyl (C=S) groups is 1. The van der Waals surface area contributed by atoms with Crippen LogP contribution in [-0.4, -0.2) is 35.1 Å². The van der Waals surface area contributed by atoms with Gasteiger partial charge in [-0.15, -0.1) is 10.5 Å². The monoisotopic (exact) mass is 219 g/mol. The van der Waals surface area contributed by atoms with Crippen LogP contribution in [0, 0.1) is 0 Å². The molecular weight excluding hydrogens is 208 g/mol. The van der Waals surface area contributed by atoms with E-state index in [1.54, 1.807) is 10.0 Å². The van der Waals surface area contributed by atoms with Gasteiger partial charge in [0.2, 0.25) is 5.11 Å². The zero-order valence-electron chi connectivity index (χ0n) is 8.58. The van der Waals surface area contributed by atoms with Crippen molar-refractivity contribution in [2.75, 3.05) is 14.1 Å². The van der Waals surface area contributed by atoms with Crippen LogP contribution in [0.4, 0.5) is 0 Å². The minimum Gasteiger partial charge on any atom is -0.240 e. The molecule has 0 amide bonds. The Morgan fingerprint density at radius 3 is 2.33 bits per heavy atom. The van der Waals surface area contributed by atoms with Crippen molar-refractivity contribution in [3.05, 3.63) is 35.9 Å². The molecule has 4 nitrogen and oxygen atoms in total. The maximum absolute atomic E-state index is 5.10. The van der Waals surface area contributed by atoms with Crippen LogP contribution in [0.3, 0.4) is 0 Å². The van der Waals surface area contributed by atoms with Crippen LogP contribution in [0.5, 0.6) is 0 Å². The van der Waals surface area contributed by atoms with Gasteiger partial charge in [0.05, 0.1) is 0 Å². The number of rotatable bonds is 1. The Morgan fingerprint density at radius 2 is 1.73 bits per heavy atom. The number of hydrogen-bond donors (Lipinski definition) is 0. The third kappa shape index (κ3) is 1.92. The number of hydrazone groups is 1. The first-order chi connectivity index (χ1) is 7.18. The molecule has 0 unspecified atom stereocenters. The predicted octanol–water partition coefficient (Wildman–Crippen LogP) is 1.03. The Kier molecular flexibility index (Phi) is 2.55. The van der Waals surface area contributed by atoms with Gasteiger partial charge in [0.15, 0.2) is 5.84 Å². The summed E-state index contributed by atoms with van der Waals surface area (Å²) in [5.41, 5.74) is 5.27. The van der Waals surface area contributed by atoms with Gasteiger partial charge in [-0.25, -0.2) is 10.0 Å². The van der Waals surface area contributed by atoms with Gasteiger partial charge in [-0.1, -0.05) is 30.3 Å². The van der Waals surface area contributed by atoms with Crippen molar-refractivity contribution in [3.8, 4) is 0 Å².